The summed E-state index contributed by atoms with van der Waals surface area (Å²) in [6.45, 7) is 16.9. The van der Waals surface area contributed by atoms with Crippen LogP contribution < -0.4 is 22.2 Å². The molecule has 70 heavy (non-hydrogen) atoms. The maximum Gasteiger partial charge on any atom is 0.266 e. The van der Waals surface area contributed by atoms with Crippen LogP contribution in [0.3, 0.4) is 0 Å². The van der Waals surface area contributed by atoms with Gasteiger partial charge in [-0.05, 0) is 148 Å². The normalized spacial score (nSPS) is 12.7. The highest BCUT2D eigenvalue weighted by atomic mass is 16.2. The molecule has 6 heteroatoms. The van der Waals surface area contributed by atoms with Gasteiger partial charge in [0.15, 0.2) is 0 Å². The van der Waals surface area contributed by atoms with E-state index in [1.165, 1.54) is 9.13 Å². The van der Waals surface area contributed by atoms with Crippen LogP contribution in [0.1, 0.15) is 101 Å². The van der Waals surface area contributed by atoms with Crippen molar-refractivity contribution in [3.8, 4) is 33.6 Å². The second kappa shape index (κ2) is 14.8. The molecular weight excluding hydrogens is 861 g/mol. The highest BCUT2D eigenvalue weighted by molar-refractivity contribution is 6.51. The first-order chi connectivity index (χ1) is 33.8. The zero-order valence-corrected chi connectivity index (χ0v) is 40.5. The van der Waals surface area contributed by atoms with E-state index in [1.54, 1.807) is 0 Å². The molecule has 11 aromatic carbocycles. The van der Waals surface area contributed by atoms with Gasteiger partial charge < -0.3 is 0 Å². The van der Waals surface area contributed by atoms with Gasteiger partial charge in [0.1, 0.15) is 0 Å². The first kappa shape index (κ1) is 42.2. The number of hydrogen-bond donors (Lipinski definition) is 0. The minimum Gasteiger partial charge on any atom is -0.268 e. The van der Waals surface area contributed by atoms with Crippen LogP contribution >= 0.6 is 0 Å². The third-order valence-electron chi connectivity index (χ3n) is 15.6. The van der Waals surface area contributed by atoms with Crippen molar-refractivity contribution in [2.45, 2.75) is 79.1 Å². The van der Waals surface area contributed by atoms with E-state index >= 15 is 19.2 Å². The van der Waals surface area contributed by atoms with Crippen molar-refractivity contribution < 1.29 is 0 Å². The Hall–Kier alpha value is -7.96. The van der Waals surface area contributed by atoms with Crippen molar-refractivity contribution in [3.05, 3.63) is 197 Å². The van der Waals surface area contributed by atoms with Crippen LogP contribution in [0.2, 0.25) is 0 Å². The van der Waals surface area contributed by atoms with Crippen molar-refractivity contribution in [2.75, 3.05) is 0 Å². The van der Waals surface area contributed by atoms with Gasteiger partial charge in [0, 0.05) is 43.1 Å². The van der Waals surface area contributed by atoms with Gasteiger partial charge in [-0.1, -0.05) is 152 Å². The summed E-state index contributed by atoms with van der Waals surface area (Å²) in [6, 6.07) is 45.0. The molecule has 0 unspecified atom stereocenters. The molecule has 0 saturated heterocycles. The fourth-order valence-electron chi connectivity index (χ4n) is 12.5. The largest absolute Gasteiger partial charge is 0.268 e. The summed E-state index contributed by atoms with van der Waals surface area (Å²) in [5, 5.41) is 12.0. The molecule has 0 atom stereocenters. The Balaban J connectivity index is 1.33. The molecule has 0 radical (unpaired) electrons. The third-order valence-corrected chi connectivity index (χ3v) is 15.6. The lowest BCUT2D eigenvalue weighted by Gasteiger charge is -2.27. The second-order valence-electron chi connectivity index (χ2n) is 20.9. The number of pyridine rings is 2. The standard InChI is InChI=1S/C64H50N2O4/c1-31(2)39-21-15-22-40(32(3)4)59(39)65-61(67)47-27-37-25-44(36-19-13-10-14-20-36)46-30-50-54-48(62(68)66(64(50)70)60-41(33(5)6)23-16-24-42(60)34(7)8)28-38-26-43(35-17-11-9-12-18-35)45-29-49(63(65)69)53(47)57-51(37)56(46)58(54)52(38)55(45)57/h9-34H,1-8H3. The lowest BCUT2D eigenvalue weighted by molar-refractivity contribution is 0.792. The minimum absolute atomic E-state index is 0.0425. The molecule has 2 heterocycles. The predicted octanol–water partition coefficient (Wildman–Crippen LogP) is 15.0. The minimum atomic E-state index is -0.347. The maximum atomic E-state index is 15.7. The Kier molecular flexibility index (Phi) is 8.90. The summed E-state index contributed by atoms with van der Waals surface area (Å²) in [5.74, 6) is 0.170. The molecule has 0 spiro atoms. The van der Waals surface area contributed by atoms with Gasteiger partial charge in [0.25, 0.3) is 22.2 Å². The summed E-state index contributed by atoms with van der Waals surface area (Å²) in [5.41, 5.74) is 7.45. The lowest BCUT2D eigenvalue weighted by atomic mass is 9.77. The predicted molar refractivity (Wildman–Crippen MR) is 293 cm³/mol. The number of benzene rings is 11. The highest BCUT2D eigenvalue weighted by Gasteiger charge is 2.32. The second-order valence-corrected chi connectivity index (χ2v) is 20.9. The van der Waals surface area contributed by atoms with E-state index in [0.717, 1.165) is 98.4 Å². The average molecular weight is 911 g/mol. The van der Waals surface area contributed by atoms with E-state index in [9.17, 15) is 0 Å². The molecule has 0 aliphatic rings. The van der Waals surface area contributed by atoms with Crippen LogP contribution in [0.5, 0.6) is 0 Å². The maximum absolute atomic E-state index is 15.7. The number of hydrogen-bond acceptors (Lipinski definition) is 4. The van der Waals surface area contributed by atoms with Gasteiger partial charge in [-0.2, -0.15) is 0 Å². The monoisotopic (exact) mass is 910 g/mol. The molecule has 0 aliphatic heterocycles. The number of aromatic nitrogens is 2. The Morgan fingerprint density at radius 1 is 0.300 bits per heavy atom. The number of rotatable bonds is 8. The molecule has 6 nitrogen and oxygen atoms in total. The lowest BCUT2D eigenvalue weighted by Crippen LogP contribution is -2.34. The first-order valence-electron chi connectivity index (χ1n) is 24.7. The third kappa shape index (κ3) is 5.45. The summed E-state index contributed by atoms with van der Waals surface area (Å²) < 4.78 is 2.93. The smallest absolute Gasteiger partial charge is 0.266 e. The van der Waals surface area contributed by atoms with Gasteiger partial charge >= 0.3 is 0 Å². The van der Waals surface area contributed by atoms with Crippen molar-refractivity contribution in [1.82, 2.24) is 9.13 Å². The Morgan fingerprint density at radius 2 is 0.614 bits per heavy atom. The molecule has 13 aromatic rings. The van der Waals surface area contributed by atoms with E-state index in [1.807, 2.05) is 97.1 Å². The van der Waals surface area contributed by atoms with Crippen LogP contribution in [0.25, 0.3) is 120 Å². The van der Waals surface area contributed by atoms with Gasteiger partial charge in [-0.3, -0.25) is 19.2 Å². The molecular formula is C64H50N2O4. The molecule has 0 saturated carbocycles. The van der Waals surface area contributed by atoms with Crippen molar-refractivity contribution in [1.29, 1.82) is 0 Å². The molecule has 0 N–H and O–H groups in total. The number of nitrogens with zero attached hydrogens (tertiary/aromatic N) is 2. The topological polar surface area (TPSA) is 78.1 Å². The molecule has 13 rings (SSSR count). The van der Waals surface area contributed by atoms with E-state index in [4.69, 9.17) is 0 Å². The number of para-hydroxylation sites is 2. The molecule has 2 aromatic heterocycles. The summed E-state index contributed by atoms with van der Waals surface area (Å²) in [7, 11) is 0. The Morgan fingerprint density at radius 3 is 0.929 bits per heavy atom. The Labute approximate surface area is 403 Å². The molecule has 0 amide bonds. The SMILES string of the molecule is CC(C)c1cccc(C(C)C)c1-n1c(=O)c2cc3cc(-c4ccccc4)c4cc5c(=O)n(-c6c(C(C)C)cccc6C(C)C)c(=O)c6cc7cc(-c8ccccc8)c8cc(c1=O)c2c1c3c4c(c65)c7c81. The van der Waals surface area contributed by atoms with Crippen molar-refractivity contribution in [2.24, 2.45) is 0 Å². The van der Waals surface area contributed by atoms with Gasteiger partial charge in [-0.15, -0.1) is 0 Å². The van der Waals surface area contributed by atoms with Crippen molar-refractivity contribution >= 4 is 86.2 Å². The fourth-order valence-corrected chi connectivity index (χ4v) is 12.5. The summed E-state index contributed by atoms with van der Waals surface area (Å²) >= 11 is 0. The van der Waals surface area contributed by atoms with Crippen molar-refractivity contribution in [3.63, 3.8) is 0 Å². The van der Waals surface area contributed by atoms with Crippen LogP contribution in [0.4, 0.5) is 0 Å². The first-order valence-corrected chi connectivity index (χ1v) is 24.7. The van der Waals surface area contributed by atoms with E-state index in [-0.39, 0.29) is 45.9 Å². The highest BCUT2D eigenvalue weighted by Crippen LogP contribution is 2.54. The average Bonchev–Trinajstić information content (AvgIpc) is 3.36. The van der Waals surface area contributed by atoms with Crippen LogP contribution in [-0.2, 0) is 0 Å². The Bertz CT molecular complexity index is 4200. The van der Waals surface area contributed by atoms with Gasteiger partial charge in [0.2, 0.25) is 0 Å². The van der Waals surface area contributed by atoms with E-state index < -0.39 is 0 Å². The molecule has 340 valence electrons. The molecule has 0 bridgehead atoms. The quantitative estimate of drug-likeness (QED) is 0.112. The van der Waals surface area contributed by atoms with Gasteiger partial charge in [-0.25, -0.2) is 9.13 Å². The van der Waals surface area contributed by atoms with Crippen LogP contribution in [0.15, 0.2) is 153 Å². The zero-order chi connectivity index (χ0) is 48.3. The fraction of sp³-hybridized carbons (Fsp3) is 0.188. The van der Waals surface area contributed by atoms with E-state index in [2.05, 4.69) is 91.8 Å². The summed E-state index contributed by atoms with van der Waals surface area (Å²) in [6.07, 6.45) is 0. The molecule has 0 fully saturated rings. The summed E-state index contributed by atoms with van der Waals surface area (Å²) in [4.78, 5) is 62.9. The zero-order valence-electron chi connectivity index (χ0n) is 40.5. The van der Waals surface area contributed by atoms with E-state index in [0.29, 0.717) is 43.7 Å². The van der Waals surface area contributed by atoms with Crippen LogP contribution in [-0.4, -0.2) is 9.13 Å². The molecule has 0 aliphatic carbocycles. The van der Waals surface area contributed by atoms with Crippen LogP contribution in [0, 0.1) is 0 Å². The van der Waals surface area contributed by atoms with Gasteiger partial charge in [0.05, 0.1) is 11.4 Å².